The second-order valence-corrected chi connectivity index (χ2v) is 36.3. The van der Waals surface area contributed by atoms with Crippen LogP contribution in [0.1, 0.15) is 208 Å². The summed E-state index contributed by atoms with van der Waals surface area (Å²) in [6.45, 7) is 55.7. The van der Waals surface area contributed by atoms with Gasteiger partial charge in [-0.1, -0.05) is 0 Å². The molecule has 20 heteroatoms. The molecule has 1 heterocycles. The summed E-state index contributed by atoms with van der Waals surface area (Å²) in [7, 11) is -24.9. The van der Waals surface area contributed by atoms with E-state index in [1.54, 1.807) is 0 Å². The van der Waals surface area contributed by atoms with E-state index in [-0.39, 0.29) is 0 Å². The fourth-order valence-corrected chi connectivity index (χ4v) is 25.0. The monoisotopic (exact) mass is 951 g/mol. The molecule has 1 aliphatic heterocycles. The van der Waals surface area contributed by atoms with E-state index in [1.807, 2.05) is 208 Å². The Morgan fingerprint density at radius 3 is 0.283 bits per heavy atom. The maximum atomic E-state index is 7.41. The van der Waals surface area contributed by atoms with E-state index >= 15 is 0 Å². The molecule has 0 atom stereocenters. The van der Waals surface area contributed by atoms with Gasteiger partial charge in [-0.25, -0.2) is 0 Å². The Labute approximate surface area is 372 Å². The summed E-state index contributed by atoms with van der Waals surface area (Å²) in [4.78, 5) is 0. The molecule has 0 N–H and O–H groups in total. The first-order chi connectivity index (χ1) is 25.6. The van der Waals surface area contributed by atoms with Gasteiger partial charge in [0.1, 0.15) is 0 Å². The summed E-state index contributed by atoms with van der Waals surface area (Å²) in [5.41, 5.74) is -10.1. The first-order valence-corrected chi connectivity index (χ1v) is 29.3. The highest BCUT2D eigenvalue weighted by molar-refractivity contribution is 6.83. The molecule has 0 aromatic carbocycles. The molecule has 360 valence electrons. The van der Waals surface area contributed by atoms with Crippen molar-refractivity contribution < 1.29 is 64.8 Å². The third-order valence-corrected chi connectivity index (χ3v) is 24.2. The molecule has 0 saturated carbocycles. The lowest BCUT2D eigenvalue weighted by Crippen LogP contribution is -2.80. The van der Waals surface area contributed by atoms with E-state index in [0.717, 1.165) is 0 Å². The Balaban J connectivity index is 5.31. The summed E-state index contributed by atoms with van der Waals surface area (Å²) in [6, 6.07) is 0. The van der Waals surface area contributed by atoms with Gasteiger partial charge in [-0.05, 0) is 208 Å². The molecule has 1 fully saturated rings. The van der Waals surface area contributed by atoms with Crippen molar-refractivity contribution in [3.63, 3.8) is 0 Å². The van der Waals surface area contributed by atoms with Crippen molar-refractivity contribution in [2.24, 2.45) is 0 Å². The maximum Gasteiger partial charge on any atom is 0.668 e. The standard InChI is InChI=1S/C40H90O15Si5/c1-31(2,3)41-56(42-32(4,5)6)51-57(43-33(7,8)9,44-34(10,11)12)53-59(47-37(19,20)21,48-38(22,23)24)55-60(49-39(25,26)27,50-40(28,29)30)54-58(52-56,45-35(13,14)15)46-36(16,17)18/h1-30H3. The summed E-state index contributed by atoms with van der Waals surface area (Å²) in [5.74, 6) is 0. The van der Waals surface area contributed by atoms with Crippen LogP contribution < -0.4 is 0 Å². The van der Waals surface area contributed by atoms with Crippen molar-refractivity contribution in [1.29, 1.82) is 0 Å². The molecule has 15 nitrogen and oxygen atoms in total. The van der Waals surface area contributed by atoms with Crippen LogP contribution in [0.2, 0.25) is 0 Å². The van der Waals surface area contributed by atoms with Gasteiger partial charge in [0.2, 0.25) is 0 Å². The van der Waals surface area contributed by atoms with Crippen LogP contribution in [-0.2, 0) is 64.8 Å². The third-order valence-electron chi connectivity index (χ3n) is 5.56. The molecular weight excluding hydrogens is 861 g/mol. The van der Waals surface area contributed by atoms with Gasteiger partial charge >= 0.3 is 45.2 Å². The molecule has 0 amide bonds. The van der Waals surface area contributed by atoms with Crippen molar-refractivity contribution >= 4 is 45.2 Å². The zero-order chi connectivity index (χ0) is 48.1. The van der Waals surface area contributed by atoms with Gasteiger partial charge in [-0.15, -0.1) is 0 Å². The SMILES string of the molecule is CC(C)(C)O[Si]1(OC(C)(C)C)O[Si](OC(C)(C)C)(OC(C)(C)C)O[Si](OC(C)(C)C)(OC(C)(C)C)O[Si](OC(C)(C)C)(OC(C)(C)C)O[Si](OC(C)(C)C)(OC(C)(C)C)O1. The second kappa shape index (κ2) is 18.3. The average Bonchev–Trinajstić information content (AvgIpc) is 2.69. The topological polar surface area (TPSA) is 138 Å². The van der Waals surface area contributed by atoms with Crippen molar-refractivity contribution in [2.75, 3.05) is 0 Å². The first kappa shape index (κ1) is 58.5. The van der Waals surface area contributed by atoms with Gasteiger partial charge < -0.3 is 64.8 Å². The summed E-state index contributed by atoms with van der Waals surface area (Å²) >= 11 is 0. The maximum absolute atomic E-state index is 7.41. The van der Waals surface area contributed by atoms with E-state index in [4.69, 9.17) is 64.8 Å². The van der Waals surface area contributed by atoms with Gasteiger partial charge in [0.05, 0.1) is 56.0 Å². The highest BCUT2D eigenvalue weighted by Gasteiger charge is 2.79. The van der Waals surface area contributed by atoms with Crippen LogP contribution in [-0.4, -0.2) is 101 Å². The van der Waals surface area contributed by atoms with E-state index < -0.39 is 101 Å². The fraction of sp³-hybridized carbons (Fsp3) is 1.00. The lowest BCUT2D eigenvalue weighted by Gasteiger charge is -2.52. The molecule has 0 aromatic heterocycles. The van der Waals surface area contributed by atoms with Crippen molar-refractivity contribution in [1.82, 2.24) is 0 Å². The normalized spacial score (nSPS) is 21.5. The predicted octanol–water partition coefficient (Wildman–Crippen LogP) is 10.4. The molecule has 60 heavy (non-hydrogen) atoms. The van der Waals surface area contributed by atoms with E-state index in [0.29, 0.717) is 0 Å². The fourth-order valence-electron chi connectivity index (χ4n) is 5.14. The zero-order valence-electron chi connectivity index (χ0n) is 43.6. The van der Waals surface area contributed by atoms with Crippen molar-refractivity contribution in [3.8, 4) is 0 Å². The van der Waals surface area contributed by atoms with E-state index in [9.17, 15) is 0 Å². The van der Waals surface area contributed by atoms with Crippen LogP contribution in [0, 0.1) is 0 Å². The van der Waals surface area contributed by atoms with Gasteiger partial charge in [-0.2, -0.15) is 0 Å². The summed E-state index contributed by atoms with van der Waals surface area (Å²) in [6.07, 6.45) is 0. The third kappa shape index (κ3) is 23.6. The van der Waals surface area contributed by atoms with Gasteiger partial charge in [0.25, 0.3) is 0 Å². The number of hydrogen-bond donors (Lipinski definition) is 0. The van der Waals surface area contributed by atoms with Gasteiger partial charge in [0.15, 0.2) is 0 Å². The highest BCUT2D eigenvalue weighted by Crippen LogP contribution is 2.45. The van der Waals surface area contributed by atoms with Crippen LogP contribution in [0.25, 0.3) is 0 Å². The summed E-state index contributed by atoms with van der Waals surface area (Å²) < 4.78 is 108. The van der Waals surface area contributed by atoms with Crippen LogP contribution >= 0.6 is 0 Å². The largest absolute Gasteiger partial charge is 0.668 e. The minimum absolute atomic E-state index is 1.01. The lowest BCUT2D eigenvalue weighted by molar-refractivity contribution is -0.178. The van der Waals surface area contributed by atoms with E-state index in [2.05, 4.69) is 0 Å². The number of hydrogen-bond acceptors (Lipinski definition) is 15. The van der Waals surface area contributed by atoms with Crippen LogP contribution in [0.15, 0.2) is 0 Å². The molecule has 0 unspecified atom stereocenters. The Morgan fingerprint density at radius 1 is 0.167 bits per heavy atom. The molecule has 0 aliphatic carbocycles. The van der Waals surface area contributed by atoms with Gasteiger partial charge in [0, 0.05) is 0 Å². The van der Waals surface area contributed by atoms with Crippen LogP contribution in [0.4, 0.5) is 0 Å². The zero-order valence-corrected chi connectivity index (χ0v) is 48.6. The molecule has 1 rings (SSSR count). The number of rotatable bonds is 10. The Bertz CT molecular complexity index is 1030. The van der Waals surface area contributed by atoms with Crippen LogP contribution in [0.3, 0.4) is 0 Å². The Kier molecular flexibility index (Phi) is 17.8. The minimum atomic E-state index is -4.98. The molecular formula is C40H90O15Si5. The highest BCUT2D eigenvalue weighted by atomic mass is 28.6. The molecule has 1 aliphatic rings. The summed E-state index contributed by atoms with van der Waals surface area (Å²) in [5, 5.41) is 0. The smallest absolute Gasteiger partial charge is 0.347 e. The average molecular weight is 952 g/mol. The molecule has 0 spiro atoms. The van der Waals surface area contributed by atoms with Crippen LogP contribution in [0.5, 0.6) is 0 Å². The van der Waals surface area contributed by atoms with Crippen molar-refractivity contribution in [3.05, 3.63) is 0 Å². The lowest BCUT2D eigenvalue weighted by atomic mass is 10.2. The Morgan fingerprint density at radius 2 is 0.233 bits per heavy atom. The second-order valence-electron chi connectivity index (χ2n) is 25.2. The Hall–Kier alpha value is 0.484. The molecule has 0 radical (unpaired) electrons. The first-order valence-electron chi connectivity index (χ1n) is 21.1. The quantitative estimate of drug-likeness (QED) is 0.192. The van der Waals surface area contributed by atoms with E-state index in [1.165, 1.54) is 0 Å². The van der Waals surface area contributed by atoms with Crippen molar-refractivity contribution in [2.45, 2.75) is 264 Å². The molecule has 0 aromatic rings. The molecule has 0 bridgehead atoms. The molecule has 1 saturated heterocycles. The van der Waals surface area contributed by atoms with Gasteiger partial charge in [-0.3, -0.25) is 0 Å². The predicted molar refractivity (Wildman–Crippen MR) is 243 cm³/mol. The minimum Gasteiger partial charge on any atom is -0.347 e.